The highest BCUT2D eigenvalue weighted by atomic mass is 19.3. The molecule has 0 radical (unpaired) electrons. The number of aromatic hydroxyl groups is 2. The second kappa shape index (κ2) is 4.00. The second-order valence-corrected chi connectivity index (χ2v) is 3.14. The van der Waals surface area contributed by atoms with E-state index in [9.17, 15) is 13.9 Å². The van der Waals surface area contributed by atoms with Gasteiger partial charge in [0.25, 0.3) is 5.92 Å². The van der Waals surface area contributed by atoms with E-state index in [0.717, 1.165) is 18.2 Å². The maximum Gasteiger partial charge on any atom is 0.289 e. The molecule has 84 valence electrons. The van der Waals surface area contributed by atoms with Crippen molar-refractivity contribution in [3.05, 3.63) is 23.8 Å². The Labute approximate surface area is 84.6 Å². The van der Waals surface area contributed by atoms with Crippen molar-refractivity contribution in [3.8, 4) is 11.5 Å². The fraction of sp³-hybridized carbons (Fsp3) is 0.333. The Morgan fingerprint density at radius 1 is 1.33 bits per heavy atom. The number of alkyl halides is 2. The predicted molar refractivity (Wildman–Crippen MR) is 48.7 cm³/mol. The minimum absolute atomic E-state index is 0.285. The molecule has 0 bridgehead atoms. The van der Waals surface area contributed by atoms with E-state index < -0.39 is 24.3 Å². The molecule has 6 heteroatoms. The summed E-state index contributed by atoms with van der Waals surface area (Å²) < 4.78 is 26.0. The number of aliphatic hydroxyl groups is 1. The SMILES string of the molecule is N[C@@H](c1cc(O)ccc1O)C(F)(F)CO. The van der Waals surface area contributed by atoms with Crippen LogP contribution in [-0.4, -0.2) is 27.8 Å². The van der Waals surface area contributed by atoms with Crippen LogP contribution >= 0.6 is 0 Å². The van der Waals surface area contributed by atoms with Crippen molar-refractivity contribution in [2.75, 3.05) is 6.61 Å². The van der Waals surface area contributed by atoms with Crippen molar-refractivity contribution in [3.63, 3.8) is 0 Å². The first kappa shape index (κ1) is 11.7. The van der Waals surface area contributed by atoms with Crippen LogP contribution < -0.4 is 5.73 Å². The van der Waals surface area contributed by atoms with Gasteiger partial charge in [0.2, 0.25) is 0 Å². The molecule has 15 heavy (non-hydrogen) atoms. The van der Waals surface area contributed by atoms with E-state index in [0.29, 0.717) is 0 Å². The Kier molecular flexibility index (Phi) is 3.11. The molecule has 0 aliphatic rings. The molecular weight excluding hydrogens is 208 g/mol. The lowest BCUT2D eigenvalue weighted by molar-refractivity contribution is -0.0716. The van der Waals surface area contributed by atoms with Gasteiger partial charge in [-0.05, 0) is 18.2 Å². The third-order valence-corrected chi connectivity index (χ3v) is 2.01. The number of phenolic OH excluding ortho intramolecular Hbond substituents is 2. The lowest BCUT2D eigenvalue weighted by Crippen LogP contribution is -2.36. The number of halogens is 2. The number of rotatable bonds is 3. The maximum absolute atomic E-state index is 13.0. The van der Waals surface area contributed by atoms with Crippen LogP contribution in [0.5, 0.6) is 11.5 Å². The van der Waals surface area contributed by atoms with E-state index in [4.69, 9.17) is 15.9 Å². The maximum atomic E-state index is 13.0. The number of phenols is 2. The molecular formula is C9H11F2NO3. The van der Waals surface area contributed by atoms with Gasteiger partial charge in [0.15, 0.2) is 0 Å². The normalized spacial score (nSPS) is 13.9. The average Bonchev–Trinajstić information content (AvgIpc) is 2.20. The number of aliphatic hydroxyl groups excluding tert-OH is 1. The summed E-state index contributed by atoms with van der Waals surface area (Å²) in [4.78, 5) is 0. The monoisotopic (exact) mass is 219 g/mol. The zero-order valence-electron chi connectivity index (χ0n) is 7.69. The number of benzene rings is 1. The second-order valence-electron chi connectivity index (χ2n) is 3.14. The Morgan fingerprint density at radius 2 is 1.93 bits per heavy atom. The quantitative estimate of drug-likeness (QED) is 0.564. The van der Waals surface area contributed by atoms with Crippen molar-refractivity contribution in [2.24, 2.45) is 5.73 Å². The highest BCUT2D eigenvalue weighted by Crippen LogP contribution is 2.35. The number of hydrogen-bond acceptors (Lipinski definition) is 4. The summed E-state index contributed by atoms with van der Waals surface area (Å²) >= 11 is 0. The first-order chi connectivity index (χ1) is 6.88. The van der Waals surface area contributed by atoms with Gasteiger partial charge in [0.05, 0.1) is 0 Å². The largest absolute Gasteiger partial charge is 0.508 e. The first-order valence-electron chi connectivity index (χ1n) is 4.14. The van der Waals surface area contributed by atoms with Crippen LogP contribution in [0, 0.1) is 0 Å². The molecule has 1 aromatic carbocycles. The van der Waals surface area contributed by atoms with Gasteiger partial charge in [0, 0.05) is 5.56 Å². The number of nitrogens with two attached hydrogens (primary N) is 1. The smallest absolute Gasteiger partial charge is 0.289 e. The Hall–Kier alpha value is -1.40. The van der Waals surface area contributed by atoms with Crippen molar-refractivity contribution < 1.29 is 24.1 Å². The van der Waals surface area contributed by atoms with E-state index in [2.05, 4.69) is 0 Å². The highest BCUT2D eigenvalue weighted by molar-refractivity contribution is 5.41. The van der Waals surface area contributed by atoms with Crippen LogP contribution in [0.1, 0.15) is 11.6 Å². The third-order valence-electron chi connectivity index (χ3n) is 2.01. The molecule has 0 aromatic heterocycles. The molecule has 0 saturated heterocycles. The van der Waals surface area contributed by atoms with Crippen LogP contribution in [0.25, 0.3) is 0 Å². The lowest BCUT2D eigenvalue weighted by atomic mass is 10.0. The molecule has 1 rings (SSSR count). The van der Waals surface area contributed by atoms with Gasteiger partial charge in [-0.25, -0.2) is 8.78 Å². The summed E-state index contributed by atoms with van der Waals surface area (Å²) in [6, 6.07) is 1.26. The molecule has 1 aromatic rings. The van der Waals surface area contributed by atoms with E-state index in [1.165, 1.54) is 0 Å². The molecule has 5 N–H and O–H groups in total. The van der Waals surface area contributed by atoms with Crippen LogP contribution in [0.4, 0.5) is 8.78 Å². The van der Waals surface area contributed by atoms with Gasteiger partial charge in [-0.3, -0.25) is 0 Å². The zero-order valence-corrected chi connectivity index (χ0v) is 7.69. The van der Waals surface area contributed by atoms with E-state index in [-0.39, 0.29) is 11.3 Å². The Bertz CT molecular complexity index is 357. The van der Waals surface area contributed by atoms with Gasteiger partial charge < -0.3 is 21.1 Å². The summed E-state index contributed by atoms with van der Waals surface area (Å²) in [6.07, 6.45) is 0. The summed E-state index contributed by atoms with van der Waals surface area (Å²) in [5, 5.41) is 26.7. The van der Waals surface area contributed by atoms with Crippen LogP contribution in [0.2, 0.25) is 0 Å². The van der Waals surface area contributed by atoms with Crippen molar-refractivity contribution >= 4 is 0 Å². The summed E-state index contributed by atoms with van der Waals surface area (Å²) in [5.41, 5.74) is 4.86. The molecule has 0 aliphatic heterocycles. The van der Waals surface area contributed by atoms with Crippen LogP contribution in [0.3, 0.4) is 0 Å². The summed E-state index contributed by atoms with van der Waals surface area (Å²) in [7, 11) is 0. The molecule has 0 spiro atoms. The lowest BCUT2D eigenvalue weighted by Gasteiger charge is -2.22. The Morgan fingerprint density at radius 3 is 2.47 bits per heavy atom. The van der Waals surface area contributed by atoms with Crippen LogP contribution in [0.15, 0.2) is 18.2 Å². The molecule has 0 unspecified atom stereocenters. The Balaban J connectivity index is 3.10. The van der Waals surface area contributed by atoms with E-state index >= 15 is 0 Å². The molecule has 0 saturated carbocycles. The molecule has 0 fully saturated rings. The summed E-state index contributed by atoms with van der Waals surface area (Å²) in [6.45, 7) is -1.43. The molecule has 0 amide bonds. The third kappa shape index (κ3) is 2.34. The molecule has 0 aliphatic carbocycles. The molecule has 1 atom stereocenters. The average molecular weight is 219 g/mol. The fourth-order valence-corrected chi connectivity index (χ4v) is 1.12. The zero-order chi connectivity index (χ0) is 11.6. The van der Waals surface area contributed by atoms with Crippen molar-refractivity contribution in [1.29, 1.82) is 0 Å². The standard InChI is InChI=1S/C9H11F2NO3/c10-9(11,4-13)8(12)6-3-5(14)1-2-7(6)15/h1-3,8,13-15H,4,12H2/t8-/m0/s1. The van der Waals surface area contributed by atoms with Gasteiger partial charge in [0.1, 0.15) is 24.1 Å². The number of hydrogen-bond donors (Lipinski definition) is 4. The van der Waals surface area contributed by atoms with Gasteiger partial charge >= 0.3 is 0 Å². The van der Waals surface area contributed by atoms with Crippen molar-refractivity contribution in [1.82, 2.24) is 0 Å². The molecule has 4 nitrogen and oxygen atoms in total. The minimum atomic E-state index is -3.55. The van der Waals surface area contributed by atoms with Gasteiger partial charge in [-0.1, -0.05) is 0 Å². The van der Waals surface area contributed by atoms with Gasteiger partial charge in [-0.2, -0.15) is 0 Å². The van der Waals surface area contributed by atoms with E-state index in [1.54, 1.807) is 0 Å². The van der Waals surface area contributed by atoms with Crippen molar-refractivity contribution in [2.45, 2.75) is 12.0 Å². The predicted octanol–water partition coefficient (Wildman–Crippen LogP) is 0.725. The molecule has 0 heterocycles. The van der Waals surface area contributed by atoms with Gasteiger partial charge in [-0.15, -0.1) is 0 Å². The summed E-state index contributed by atoms with van der Waals surface area (Å²) in [5.74, 6) is -4.29. The highest BCUT2D eigenvalue weighted by Gasteiger charge is 2.38. The first-order valence-corrected chi connectivity index (χ1v) is 4.14. The van der Waals surface area contributed by atoms with Crippen LogP contribution in [-0.2, 0) is 0 Å². The van der Waals surface area contributed by atoms with E-state index in [1.807, 2.05) is 0 Å². The fourth-order valence-electron chi connectivity index (χ4n) is 1.12. The minimum Gasteiger partial charge on any atom is -0.508 e. The topological polar surface area (TPSA) is 86.7 Å².